The number of nitrogens with zero attached hydrogens (tertiary/aromatic N) is 1. The molecular weight excluding hydrogens is 1620 g/mol. The highest BCUT2D eigenvalue weighted by molar-refractivity contribution is 9.11. The second kappa shape index (κ2) is 36.6. The van der Waals surface area contributed by atoms with Gasteiger partial charge in [-0.2, -0.15) is 0 Å². The Morgan fingerprint density at radius 2 is 0.710 bits per heavy atom. The maximum atomic E-state index is 14.8. The van der Waals surface area contributed by atoms with E-state index in [4.69, 9.17) is 52.1 Å². The molecule has 2 aliphatic heterocycles. The number of ether oxygens (including phenoxy) is 11. The van der Waals surface area contributed by atoms with Gasteiger partial charge in [-0.05, 0) is 116 Å². The number of hydrogen-bond acceptors (Lipinski definition) is 22. The van der Waals surface area contributed by atoms with Crippen molar-refractivity contribution in [1.29, 1.82) is 0 Å². The summed E-state index contributed by atoms with van der Waals surface area (Å²) in [6, 6.07) is 0. The quantitative estimate of drug-likeness (QED) is 0.0148. The van der Waals surface area contributed by atoms with Crippen molar-refractivity contribution in [3.8, 4) is 0 Å². The fourth-order valence-corrected chi connectivity index (χ4v) is 8.48. The van der Waals surface area contributed by atoms with Gasteiger partial charge in [-0.3, -0.25) is 57.6 Å². The van der Waals surface area contributed by atoms with Gasteiger partial charge in [0.05, 0.1) is 71.4 Å². The lowest BCUT2D eigenvalue weighted by atomic mass is 9.82. The molecule has 3 unspecified atom stereocenters. The maximum absolute atomic E-state index is 14.8. The van der Waals surface area contributed by atoms with Gasteiger partial charge >= 0.3 is 35.8 Å². The lowest BCUT2D eigenvalue weighted by Gasteiger charge is -2.38. The minimum absolute atomic E-state index is 0.0139. The molecular formula is C61H94Br6N4O22. The molecule has 32 heteroatoms. The second-order valence-corrected chi connectivity index (χ2v) is 38.7. The predicted octanol–water partition coefficient (Wildman–Crippen LogP) is 6.43. The molecule has 1 saturated heterocycles. The highest BCUT2D eigenvalue weighted by Crippen LogP contribution is 2.32. The van der Waals surface area contributed by atoms with Gasteiger partial charge in [-0.15, -0.1) is 0 Å². The standard InChI is InChI=1S/C61H94Br6N4O22/c1-38-39-17-18-40(93-39)42(73)71(41(38)72)21-22-83-23-24-84-25-26-85-27-28-86-37-61(29-69-44(75)59(15,33-89-48(79)54(6,7)64)34-90-49(80)55(8,9)65,30-70-45(76)60(16,35-91-50(81)56(10,11)66)36-92-51(82)57(12,13)67)19-20-68-43(74)58(14,31-87-46(77)52(2,3)62)32-88-47(78)53(4,5)63/h17-18,38-40H,19-37H2,1-16H3,(H,68,74)(H,69,75)(H,70,76). The largest absolute Gasteiger partial charge is 0.463 e. The molecule has 1 fully saturated rings. The summed E-state index contributed by atoms with van der Waals surface area (Å²) >= 11 is 19.6. The van der Waals surface area contributed by atoms with E-state index < -0.39 is 178 Å². The summed E-state index contributed by atoms with van der Waals surface area (Å²) in [4.78, 5) is 150. The van der Waals surface area contributed by atoms with Crippen LogP contribution in [-0.4, -0.2) is 227 Å². The number of amides is 5. The Bertz CT molecular complexity index is 2460. The lowest BCUT2D eigenvalue weighted by Crippen LogP contribution is -2.56. The van der Waals surface area contributed by atoms with E-state index in [0.29, 0.717) is 0 Å². The summed E-state index contributed by atoms with van der Waals surface area (Å²) in [6.45, 7) is 20.1. The molecule has 0 spiro atoms. The average Bonchev–Trinajstić information content (AvgIpc) is 1.79. The molecule has 3 atom stereocenters. The summed E-state index contributed by atoms with van der Waals surface area (Å²) in [5, 5.41) is 8.63. The molecule has 2 heterocycles. The number of fused-ring (bicyclic) bond motifs is 2. The summed E-state index contributed by atoms with van der Waals surface area (Å²) < 4.78 is 55.6. The molecule has 532 valence electrons. The molecule has 93 heavy (non-hydrogen) atoms. The van der Waals surface area contributed by atoms with Gasteiger partial charge in [0.1, 0.15) is 81.8 Å². The maximum Gasteiger partial charge on any atom is 0.322 e. The minimum atomic E-state index is -1.78. The van der Waals surface area contributed by atoms with Crippen LogP contribution >= 0.6 is 95.6 Å². The van der Waals surface area contributed by atoms with E-state index >= 15 is 0 Å². The molecule has 2 aliphatic rings. The number of rotatable bonds is 42. The van der Waals surface area contributed by atoms with Crippen molar-refractivity contribution in [1.82, 2.24) is 20.9 Å². The number of imide groups is 1. The first-order valence-electron chi connectivity index (χ1n) is 30.0. The van der Waals surface area contributed by atoms with E-state index in [1.807, 2.05) is 0 Å². The van der Waals surface area contributed by atoms with E-state index in [1.54, 1.807) is 46.8 Å². The van der Waals surface area contributed by atoms with Crippen LogP contribution in [0.15, 0.2) is 12.2 Å². The molecule has 3 N–H and O–H groups in total. The summed E-state index contributed by atoms with van der Waals surface area (Å²) in [5.74, 6) is -8.09. The number of alkyl halides is 6. The third-order valence-corrected chi connectivity index (χ3v) is 16.2. The number of nitrogens with one attached hydrogen (secondary N) is 3. The highest BCUT2D eigenvalue weighted by Gasteiger charge is 2.47. The van der Waals surface area contributed by atoms with Crippen LogP contribution in [0.2, 0.25) is 0 Å². The first kappa shape index (κ1) is 85.9. The smallest absolute Gasteiger partial charge is 0.322 e. The van der Waals surface area contributed by atoms with Crippen LogP contribution in [0.4, 0.5) is 0 Å². The van der Waals surface area contributed by atoms with Gasteiger partial charge in [0.2, 0.25) is 23.6 Å². The first-order chi connectivity index (χ1) is 42.4. The number of carbonyl (C=O) groups excluding carboxylic acids is 11. The zero-order valence-corrected chi connectivity index (χ0v) is 65.5. The van der Waals surface area contributed by atoms with Crippen molar-refractivity contribution in [3.63, 3.8) is 0 Å². The number of carbonyl (C=O) groups is 11. The Morgan fingerprint density at radius 1 is 0.419 bits per heavy atom. The number of hydrogen-bond donors (Lipinski definition) is 3. The van der Waals surface area contributed by atoms with Crippen molar-refractivity contribution in [3.05, 3.63) is 12.2 Å². The van der Waals surface area contributed by atoms with Gasteiger partial charge < -0.3 is 68.1 Å². The van der Waals surface area contributed by atoms with Crippen molar-refractivity contribution in [2.45, 2.75) is 155 Å². The molecule has 2 bridgehead atoms. The third kappa shape index (κ3) is 29.0. The second-order valence-electron chi connectivity index (χ2n) is 26.8. The van der Waals surface area contributed by atoms with Crippen LogP contribution in [0.5, 0.6) is 0 Å². The third-order valence-electron chi connectivity index (χ3n) is 14.3. The minimum Gasteiger partial charge on any atom is -0.463 e. The summed E-state index contributed by atoms with van der Waals surface area (Å²) in [5.41, 5.74) is -6.76. The van der Waals surface area contributed by atoms with Gasteiger partial charge in [-0.1, -0.05) is 109 Å². The fraction of sp³-hybridized carbons (Fsp3) is 0.787. The van der Waals surface area contributed by atoms with Gasteiger partial charge in [-0.25, -0.2) is 0 Å². The molecule has 26 nitrogen and oxygen atoms in total. The van der Waals surface area contributed by atoms with Crippen LogP contribution < -0.4 is 16.0 Å². The molecule has 5 amide bonds. The van der Waals surface area contributed by atoms with Crippen molar-refractivity contribution in [2.75, 3.05) is 119 Å². The Labute approximate surface area is 596 Å². The van der Waals surface area contributed by atoms with Crippen LogP contribution in [-0.2, 0) is 105 Å². The Kier molecular flexibility index (Phi) is 33.8. The van der Waals surface area contributed by atoms with Crippen LogP contribution in [0.1, 0.15) is 117 Å². The van der Waals surface area contributed by atoms with Gasteiger partial charge in [0.25, 0.3) is 5.91 Å². The molecule has 2 rings (SSSR count). The van der Waals surface area contributed by atoms with E-state index in [-0.39, 0.29) is 78.3 Å². The highest BCUT2D eigenvalue weighted by atomic mass is 79.9. The summed E-state index contributed by atoms with van der Waals surface area (Å²) in [7, 11) is 0. The average molecular weight is 1710 g/mol. The van der Waals surface area contributed by atoms with Gasteiger partial charge in [0.15, 0.2) is 6.10 Å². The van der Waals surface area contributed by atoms with Crippen LogP contribution in [0, 0.1) is 27.6 Å². The Morgan fingerprint density at radius 3 is 1.02 bits per heavy atom. The lowest BCUT2D eigenvalue weighted by molar-refractivity contribution is -0.162. The van der Waals surface area contributed by atoms with E-state index in [0.717, 1.165) is 4.90 Å². The van der Waals surface area contributed by atoms with Crippen LogP contribution in [0.25, 0.3) is 0 Å². The van der Waals surface area contributed by atoms with E-state index in [9.17, 15) is 52.7 Å². The fourth-order valence-electron chi connectivity index (χ4n) is 7.80. The zero-order valence-electron chi connectivity index (χ0n) is 56.0. The van der Waals surface area contributed by atoms with E-state index in [2.05, 4.69) is 112 Å². The molecule has 0 aromatic heterocycles. The topological polar surface area (TPSA) is 329 Å². The van der Waals surface area contributed by atoms with E-state index in [1.165, 1.54) is 76.2 Å². The van der Waals surface area contributed by atoms with Crippen molar-refractivity contribution < 1.29 is 105 Å². The molecule has 0 aliphatic carbocycles. The zero-order chi connectivity index (χ0) is 71.4. The SMILES string of the molecule is CC1C(=O)N(CCOCCOCCOCCOCC(CCNC(=O)C(C)(COC(=O)C(C)(C)Br)COC(=O)C(C)(C)Br)(CNC(=O)C(C)(COC(=O)C(C)(C)Br)COC(=O)C(C)(C)Br)CNC(=O)C(C)(COC(=O)C(C)(C)Br)COC(=O)C(C)(C)Br)C(=O)C2C=CC1O2. The predicted molar refractivity (Wildman–Crippen MR) is 361 cm³/mol. The normalized spacial score (nSPS) is 16.8. The summed E-state index contributed by atoms with van der Waals surface area (Å²) in [6.07, 6.45) is 1.95. The Balaban J connectivity index is 2.62. The Hall–Kier alpha value is -3.21. The number of esters is 6. The van der Waals surface area contributed by atoms with Crippen molar-refractivity contribution in [2.24, 2.45) is 27.6 Å². The molecule has 0 saturated carbocycles. The number of halogens is 6. The molecule has 0 radical (unpaired) electrons. The molecule has 0 aromatic carbocycles. The monoisotopic (exact) mass is 1710 g/mol. The molecule has 0 aromatic rings. The van der Waals surface area contributed by atoms with Crippen LogP contribution in [0.3, 0.4) is 0 Å². The van der Waals surface area contributed by atoms with Gasteiger partial charge in [0, 0.05) is 25.0 Å². The van der Waals surface area contributed by atoms with Crippen molar-refractivity contribution >= 4 is 161 Å². The first-order valence-corrected chi connectivity index (χ1v) is 34.7.